The highest BCUT2D eigenvalue weighted by Crippen LogP contribution is 2.28. The molecule has 0 unspecified atom stereocenters. The topological polar surface area (TPSA) is 130 Å². The van der Waals surface area contributed by atoms with Gasteiger partial charge in [-0.15, -0.1) is 0 Å². The van der Waals surface area contributed by atoms with E-state index in [2.05, 4.69) is 5.32 Å². The van der Waals surface area contributed by atoms with Crippen LogP contribution >= 0.6 is 0 Å². The first-order chi connectivity index (χ1) is 16.7. The largest absolute Gasteiger partial charge is 0.352 e. The van der Waals surface area contributed by atoms with Gasteiger partial charge in [0.1, 0.15) is 18.4 Å². The van der Waals surface area contributed by atoms with Crippen LogP contribution in [0.5, 0.6) is 0 Å². The van der Waals surface area contributed by atoms with Gasteiger partial charge in [-0.3, -0.25) is 24.0 Å². The fourth-order valence-corrected chi connectivity index (χ4v) is 4.56. The summed E-state index contributed by atoms with van der Waals surface area (Å²) in [4.78, 5) is 38.4. The van der Waals surface area contributed by atoms with Crippen LogP contribution in [-0.4, -0.2) is 54.9 Å². The van der Waals surface area contributed by atoms with Gasteiger partial charge in [0.05, 0.1) is 16.9 Å². The summed E-state index contributed by atoms with van der Waals surface area (Å²) in [6, 6.07) is 8.00. The van der Waals surface area contributed by atoms with Crippen molar-refractivity contribution in [2.45, 2.75) is 52.7 Å². The van der Waals surface area contributed by atoms with Gasteiger partial charge in [-0.25, -0.2) is 12.8 Å². The first kappa shape index (κ1) is 28.7. The fraction of sp³-hybridized carbons (Fsp3) is 0.417. The van der Waals surface area contributed by atoms with Crippen molar-refractivity contribution in [3.8, 4) is 0 Å². The Hall–Kier alpha value is -3.54. The molecule has 0 aromatic heterocycles. The molecule has 2 aromatic rings. The van der Waals surface area contributed by atoms with Crippen molar-refractivity contribution in [3.05, 3.63) is 69.5 Å². The average Bonchev–Trinajstić information content (AvgIpc) is 2.77. The minimum Gasteiger partial charge on any atom is -0.352 e. The van der Waals surface area contributed by atoms with Gasteiger partial charge in [-0.2, -0.15) is 0 Å². The van der Waals surface area contributed by atoms with Crippen molar-refractivity contribution >= 4 is 33.2 Å². The minimum atomic E-state index is -4.05. The van der Waals surface area contributed by atoms with Gasteiger partial charge in [0.15, 0.2) is 0 Å². The molecule has 1 N–H and O–H groups in total. The Labute approximate surface area is 210 Å². The third-order valence-electron chi connectivity index (χ3n) is 5.43. The van der Waals surface area contributed by atoms with E-state index in [1.54, 1.807) is 27.7 Å². The Morgan fingerprint density at radius 3 is 2.25 bits per heavy atom. The van der Waals surface area contributed by atoms with Gasteiger partial charge < -0.3 is 10.2 Å². The van der Waals surface area contributed by atoms with Crippen LogP contribution in [0.1, 0.15) is 38.3 Å². The summed E-state index contributed by atoms with van der Waals surface area (Å²) in [6.45, 7) is 6.07. The van der Waals surface area contributed by atoms with Crippen LogP contribution in [0, 0.1) is 22.9 Å². The summed E-state index contributed by atoms with van der Waals surface area (Å²) >= 11 is 0. The van der Waals surface area contributed by atoms with E-state index in [0.29, 0.717) is 11.1 Å². The maximum Gasteiger partial charge on any atom is 0.271 e. The number of rotatable bonds is 11. The van der Waals surface area contributed by atoms with E-state index >= 15 is 0 Å². The van der Waals surface area contributed by atoms with Gasteiger partial charge >= 0.3 is 0 Å². The molecule has 2 rings (SSSR count). The number of anilines is 1. The fourth-order valence-electron chi connectivity index (χ4n) is 3.66. The zero-order valence-electron chi connectivity index (χ0n) is 20.9. The molecule has 2 aromatic carbocycles. The van der Waals surface area contributed by atoms with Crippen LogP contribution in [0.3, 0.4) is 0 Å². The van der Waals surface area contributed by atoms with Crippen LogP contribution in [0.2, 0.25) is 0 Å². The van der Waals surface area contributed by atoms with Crippen LogP contribution in [0.25, 0.3) is 0 Å². The van der Waals surface area contributed by atoms with E-state index in [1.807, 2.05) is 0 Å². The monoisotopic (exact) mass is 522 g/mol. The number of sulfonamides is 1. The molecule has 12 heteroatoms. The summed E-state index contributed by atoms with van der Waals surface area (Å²) in [5.74, 6) is -1.58. The highest BCUT2D eigenvalue weighted by atomic mass is 32.2. The lowest BCUT2D eigenvalue weighted by atomic mass is 10.1. The zero-order chi connectivity index (χ0) is 27.2. The summed E-state index contributed by atoms with van der Waals surface area (Å²) in [5, 5.41) is 14.0. The Bertz CT molecular complexity index is 1220. The smallest absolute Gasteiger partial charge is 0.271 e. The van der Waals surface area contributed by atoms with Crippen molar-refractivity contribution in [2.24, 2.45) is 0 Å². The van der Waals surface area contributed by atoms with Crippen LogP contribution < -0.4 is 9.62 Å². The number of nitrogens with zero attached hydrogens (tertiary/aromatic N) is 3. The lowest BCUT2D eigenvalue weighted by molar-refractivity contribution is -0.384. The second kappa shape index (κ2) is 11.9. The Balaban J connectivity index is 2.52. The van der Waals surface area contributed by atoms with Crippen molar-refractivity contribution in [1.29, 1.82) is 0 Å². The number of benzene rings is 2. The number of carbonyl (C=O) groups is 2. The molecule has 0 aliphatic carbocycles. The molecule has 0 spiro atoms. The van der Waals surface area contributed by atoms with Crippen molar-refractivity contribution in [3.63, 3.8) is 0 Å². The molecule has 0 bridgehead atoms. The maximum atomic E-state index is 13.6. The predicted octanol–water partition coefficient (Wildman–Crippen LogP) is 3.14. The number of nitro benzene ring substituents is 1. The number of hydrogen-bond acceptors (Lipinski definition) is 6. The SMILES string of the molecule is CC[C@H](C(=O)NC(C)C)N(Cc1ccc(F)cc1)C(=O)CN(c1cc([N+](=O)[O-])ccc1C)S(C)(=O)=O. The third-order valence-corrected chi connectivity index (χ3v) is 6.56. The van der Waals surface area contributed by atoms with Crippen molar-refractivity contribution < 1.29 is 27.3 Å². The highest BCUT2D eigenvalue weighted by molar-refractivity contribution is 7.92. The molecule has 10 nitrogen and oxygen atoms in total. The van der Waals surface area contributed by atoms with Crippen molar-refractivity contribution in [2.75, 3.05) is 17.1 Å². The number of hydrogen-bond donors (Lipinski definition) is 1. The van der Waals surface area contributed by atoms with E-state index in [1.165, 1.54) is 41.3 Å². The zero-order valence-corrected chi connectivity index (χ0v) is 21.7. The molecule has 2 amide bonds. The molecular formula is C24H31FN4O6S. The first-order valence-electron chi connectivity index (χ1n) is 11.3. The predicted molar refractivity (Wildman–Crippen MR) is 134 cm³/mol. The van der Waals surface area contributed by atoms with E-state index in [9.17, 15) is 32.5 Å². The van der Waals surface area contributed by atoms with E-state index < -0.39 is 45.2 Å². The second-order valence-corrected chi connectivity index (χ2v) is 10.6. The van der Waals surface area contributed by atoms with Gasteiger partial charge in [-0.05, 0) is 50.5 Å². The van der Waals surface area contributed by atoms with Crippen LogP contribution in [-0.2, 0) is 26.2 Å². The van der Waals surface area contributed by atoms with Gasteiger partial charge in [0.25, 0.3) is 5.69 Å². The molecule has 36 heavy (non-hydrogen) atoms. The van der Waals surface area contributed by atoms with Crippen LogP contribution in [0.4, 0.5) is 15.8 Å². The van der Waals surface area contributed by atoms with Gasteiger partial charge in [-0.1, -0.05) is 25.1 Å². The van der Waals surface area contributed by atoms with E-state index in [-0.39, 0.29) is 30.4 Å². The number of carbonyl (C=O) groups excluding carboxylic acids is 2. The summed E-state index contributed by atoms with van der Waals surface area (Å²) in [5.41, 5.74) is 0.607. The minimum absolute atomic E-state index is 0.0125. The lowest BCUT2D eigenvalue weighted by Gasteiger charge is -2.33. The van der Waals surface area contributed by atoms with Crippen molar-refractivity contribution in [1.82, 2.24) is 10.2 Å². The summed E-state index contributed by atoms with van der Waals surface area (Å²) in [7, 11) is -4.05. The van der Waals surface area contributed by atoms with Gasteiger partial charge in [0.2, 0.25) is 21.8 Å². The number of nitro groups is 1. The molecule has 0 saturated heterocycles. The summed E-state index contributed by atoms with van der Waals surface area (Å²) < 4.78 is 39.6. The van der Waals surface area contributed by atoms with Crippen LogP contribution in [0.15, 0.2) is 42.5 Å². The normalized spacial score (nSPS) is 12.2. The van der Waals surface area contributed by atoms with Gasteiger partial charge in [0, 0.05) is 24.7 Å². The molecule has 0 saturated carbocycles. The summed E-state index contributed by atoms with van der Waals surface area (Å²) in [6.07, 6.45) is 1.13. The molecule has 0 aliphatic heterocycles. The number of amides is 2. The average molecular weight is 523 g/mol. The number of halogens is 1. The highest BCUT2D eigenvalue weighted by Gasteiger charge is 2.32. The molecule has 0 fully saturated rings. The third kappa shape index (κ3) is 7.48. The molecule has 1 atom stereocenters. The molecule has 0 heterocycles. The Morgan fingerprint density at radius 1 is 1.14 bits per heavy atom. The maximum absolute atomic E-state index is 13.6. The molecular weight excluding hydrogens is 491 g/mol. The van der Waals surface area contributed by atoms with E-state index in [0.717, 1.165) is 16.6 Å². The number of aryl methyl sites for hydroxylation is 1. The molecule has 0 radical (unpaired) electrons. The van der Waals surface area contributed by atoms with E-state index in [4.69, 9.17) is 0 Å². The number of non-ortho nitro benzene ring substituents is 1. The molecule has 0 aliphatic rings. The Morgan fingerprint density at radius 2 is 1.75 bits per heavy atom. The quantitative estimate of drug-likeness (QED) is 0.356. The second-order valence-electron chi connectivity index (χ2n) is 8.73. The number of nitrogens with one attached hydrogen (secondary N) is 1. The first-order valence-corrected chi connectivity index (χ1v) is 13.2. The lowest BCUT2D eigenvalue weighted by Crippen LogP contribution is -2.53. The standard InChI is InChI=1S/C24H31FN4O6S/c1-6-21(24(31)26-16(2)3)27(14-18-8-10-19(25)11-9-18)23(30)15-28(36(5,34)35)22-13-20(29(32)33)12-7-17(22)4/h7-13,16,21H,6,14-15H2,1-5H3,(H,26,31)/t21-/m1/s1. The molecule has 196 valence electrons. The Kier molecular flexibility index (Phi) is 9.51.